The third-order valence-electron chi connectivity index (χ3n) is 4.05. The summed E-state index contributed by atoms with van der Waals surface area (Å²) in [7, 11) is 2.12. The molecule has 0 aliphatic carbocycles. The molecule has 3 rings (SSSR count). The van der Waals surface area contributed by atoms with Gasteiger partial charge < -0.3 is 14.5 Å². The van der Waals surface area contributed by atoms with E-state index in [0.717, 1.165) is 19.6 Å². The van der Waals surface area contributed by atoms with Crippen molar-refractivity contribution in [2.75, 3.05) is 49.7 Å². The first-order valence-electron chi connectivity index (χ1n) is 6.91. The zero-order chi connectivity index (χ0) is 13.2. The van der Waals surface area contributed by atoms with Crippen LogP contribution in [0.15, 0.2) is 24.3 Å². The first-order chi connectivity index (χ1) is 9.25. The summed E-state index contributed by atoms with van der Waals surface area (Å²) in [4.78, 5) is 16.5. The molecule has 0 aromatic heterocycles. The molecule has 4 nitrogen and oxygen atoms in total. The number of likely N-dealkylation sites (N-methyl/N-ethyl adjacent to an activating group) is 1. The Bertz CT molecular complexity index is 475. The Hall–Kier alpha value is -1.55. The minimum Gasteiger partial charge on any atom is -0.380 e. The van der Waals surface area contributed by atoms with Crippen LogP contribution in [0.1, 0.15) is 6.42 Å². The predicted octanol–water partition coefficient (Wildman–Crippen LogP) is 1.55. The molecule has 0 spiro atoms. The molecule has 19 heavy (non-hydrogen) atoms. The molecule has 1 fully saturated rings. The molecule has 1 unspecified atom stereocenters. The maximum atomic E-state index is 11.9. The summed E-state index contributed by atoms with van der Waals surface area (Å²) in [5.74, 6) is 0.382. The van der Waals surface area contributed by atoms with Crippen LogP contribution in [-0.2, 0) is 9.53 Å². The van der Waals surface area contributed by atoms with Gasteiger partial charge >= 0.3 is 0 Å². The number of carbonyl (C=O) groups is 1. The lowest BCUT2D eigenvalue weighted by atomic mass is 9.99. The topological polar surface area (TPSA) is 32.8 Å². The maximum absolute atomic E-state index is 11.9. The Morgan fingerprint density at radius 2 is 2.05 bits per heavy atom. The minimum absolute atomic E-state index is 0.0326. The Labute approximate surface area is 113 Å². The second kappa shape index (κ2) is 5.21. The molecule has 0 saturated carbocycles. The van der Waals surface area contributed by atoms with Gasteiger partial charge in [-0.15, -0.1) is 0 Å². The van der Waals surface area contributed by atoms with Crippen molar-refractivity contribution >= 4 is 17.2 Å². The second-order valence-electron chi connectivity index (χ2n) is 5.34. The van der Waals surface area contributed by atoms with Gasteiger partial charge in [-0.1, -0.05) is 12.1 Å². The standard InChI is InChI=1S/C15H20N2O2/c1-16-7-8-17(14-5-3-2-4-13(14)16)10-12-11-19-9-6-15(12)18/h2-5,12H,6-11H2,1H3. The SMILES string of the molecule is CN1CCN(CC2COCCC2=O)c2ccccc21. The van der Waals surface area contributed by atoms with Crippen molar-refractivity contribution in [1.29, 1.82) is 0 Å². The van der Waals surface area contributed by atoms with Gasteiger partial charge in [0.2, 0.25) is 0 Å². The average molecular weight is 260 g/mol. The van der Waals surface area contributed by atoms with E-state index in [1.807, 2.05) is 0 Å². The molecule has 2 aliphatic rings. The van der Waals surface area contributed by atoms with E-state index < -0.39 is 0 Å². The van der Waals surface area contributed by atoms with Crippen molar-refractivity contribution < 1.29 is 9.53 Å². The number of benzene rings is 1. The van der Waals surface area contributed by atoms with Crippen LogP contribution < -0.4 is 9.80 Å². The molecule has 1 saturated heterocycles. The molecule has 1 aromatic rings. The molecule has 1 atom stereocenters. The molecular weight excluding hydrogens is 240 g/mol. The number of para-hydroxylation sites is 2. The van der Waals surface area contributed by atoms with Crippen LogP contribution in [0, 0.1) is 5.92 Å². The van der Waals surface area contributed by atoms with Gasteiger partial charge in [0.25, 0.3) is 0 Å². The van der Waals surface area contributed by atoms with E-state index in [0.29, 0.717) is 25.4 Å². The highest BCUT2D eigenvalue weighted by Crippen LogP contribution is 2.32. The summed E-state index contributed by atoms with van der Waals surface area (Å²) < 4.78 is 5.45. The molecule has 0 N–H and O–H groups in total. The first kappa shape index (κ1) is 12.5. The van der Waals surface area contributed by atoms with E-state index in [2.05, 4.69) is 41.1 Å². The van der Waals surface area contributed by atoms with Gasteiger partial charge in [-0.2, -0.15) is 0 Å². The zero-order valence-electron chi connectivity index (χ0n) is 11.3. The van der Waals surface area contributed by atoms with Gasteiger partial charge in [0.15, 0.2) is 0 Å². The van der Waals surface area contributed by atoms with Gasteiger partial charge in [0, 0.05) is 33.1 Å². The van der Waals surface area contributed by atoms with Crippen LogP contribution in [0.4, 0.5) is 11.4 Å². The normalized spacial score (nSPS) is 23.4. The number of Topliss-reactive ketones (excluding diaryl/α,β-unsaturated/α-hetero) is 1. The van der Waals surface area contributed by atoms with Crippen LogP contribution >= 0.6 is 0 Å². The first-order valence-corrected chi connectivity index (χ1v) is 6.91. The van der Waals surface area contributed by atoms with E-state index in [9.17, 15) is 4.79 Å². The number of hydrogen-bond donors (Lipinski definition) is 0. The van der Waals surface area contributed by atoms with Crippen molar-refractivity contribution in [3.05, 3.63) is 24.3 Å². The van der Waals surface area contributed by atoms with Crippen molar-refractivity contribution in [2.45, 2.75) is 6.42 Å². The molecule has 4 heteroatoms. The quantitative estimate of drug-likeness (QED) is 0.807. The summed E-state index contributed by atoms with van der Waals surface area (Å²) in [6.07, 6.45) is 0.570. The van der Waals surface area contributed by atoms with E-state index in [4.69, 9.17) is 4.74 Å². The number of ketones is 1. The lowest BCUT2D eigenvalue weighted by Gasteiger charge is -2.39. The minimum atomic E-state index is 0.0326. The Morgan fingerprint density at radius 3 is 2.84 bits per heavy atom. The summed E-state index contributed by atoms with van der Waals surface area (Å²) in [5, 5.41) is 0. The average Bonchev–Trinajstić information content (AvgIpc) is 2.44. The van der Waals surface area contributed by atoms with Gasteiger partial charge in [0.05, 0.1) is 30.5 Å². The highest BCUT2D eigenvalue weighted by Gasteiger charge is 2.28. The lowest BCUT2D eigenvalue weighted by molar-refractivity contribution is -0.129. The number of ether oxygens (including phenoxy) is 1. The number of anilines is 2. The van der Waals surface area contributed by atoms with Crippen LogP contribution in [0.2, 0.25) is 0 Å². The Balaban J connectivity index is 1.79. The highest BCUT2D eigenvalue weighted by atomic mass is 16.5. The van der Waals surface area contributed by atoms with E-state index in [1.165, 1.54) is 11.4 Å². The molecule has 102 valence electrons. The third-order valence-corrected chi connectivity index (χ3v) is 4.05. The summed E-state index contributed by atoms with van der Waals surface area (Å²) in [5.41, 5.74) is 2.48. The molecule has 2 aliphatic heterocycles. The van der Waals surface area contributed by atoms with Crippen molar-refractivity contribution in [2.24, 2.45) is 5.92 Å². The van der Waals surface area contributed by atoms with Crippen molar-refractivity contribution in [3.63, 3.8) is 0 Å². The molecule has 1 aromatic carbocycles. The lowest BCUT2D eigenvalue weighted by Crippen LogP contribution is -2.44. The summed E-state index contributed by atoms with van der Waals surface area (Å²) in [6, 6.07) is 8.40. The Morgan fingerprint density at radius 1 is 1.26 bits per heavy atom. The molecule has 0 radical (unpaired) electrons. The van der Waals surface area contributed by atoms with E-state index >= 15 is 0 Å². The molecule has 0 bridgehead atoms. The third kappa shape index (κ3) is 2.45. The maximum Gasteiger partial charge on any atom is 0.142 e. The fraction of sp³-hybridized carbons (Fsp3) is 0.533. The van der Waals surface area contributed by atoms with Crippen molar-refractivity contribution in [3.8, 4) is 0 Å². The van der Waals surface area contributed by atoms with Gasteiger partial charge in [-0.25, -0.2) is 0 Å². The highest BCUT2D eigenvalue weighted by molar-refractivity contribution is 5.83. The van der Waals surface area contributed by atoms with Crippen LogP contribution in [0.25, 0.3) is 0 Å². The van der Waals surface area contributed by atoms with Crippen LogP contribution in [-0.4, -0.2) is 45.7 Å². The second-order valence-corrected chi connectivity index (χ2v) is 5.34. The number of fused-ring (bicyclic) bond motifs is 1. The van der Waals surface area contributed by atoms with Crippen LogP contribution in [0.5, 0.6) is 0 Å². The van der Waals surface area contributed by atoms with E-state index in [-0.39, 0.29) is 5.92 Å². The molecule has 2 heterocycles. The zero-order valence-corrected chi connectivity index (χ0v) is 11.3. The molecule has 0 amide bonds. The van der Waals surface area contributed by atoms with Crippen molar-refractivity contribution in [1.82, 2.24) is 0 Å². The Kier molecular flexibility index (Phi) is 3.42. The monoisotopic (exact) mass is 260 g/mol. The van der Waals surface area contributed by atoms with Crippen LogP contribution in [0.3, 0.4) is 0 Å². The van der Waals surface area contributed by atoms with Gasteiger partial charge in [0.1, 0.15) is 5.78 Å². The summed E-state index contributed by atoms with van der Waals surface area (Å²) >= 11 is 0. The number of nitrogens with zero attached hydrogens (tertiary/aromatic N) is 2. The fourth-order valence-electron chi connectivity index (χ4n) is 2.87. The predicted molar refractivity (Wildman–Crippen MR) is 75.9 cm³/mol. The number of carbonyl (C=O) groups excluding carboxylic acids is 1. The number of hydrogen-bond acceptors (Lipinski definition) is 4. The van der Waals surface area contributed by atoms with Gasteiger partial charge in [-0.05, 0) is 12.1 Å². The molecular formula is C15H20N2O2. The van der Waals surface area contributed by atoms with Gasteiger partial charge in [-0.3, -0.25) is 4.79 Å². The number of rotatable bonds is 2. The summed E-state index contributed by atoms with van der Waals surface area (Å²) in [6.45, 7) is 3.92. The smallest absolute Gasteiger partial charge is 0.142 e. The van der Waals surface area contributed by atoms with E-state index in [1.54, 1.807) is 0 Å². The largest absolute Gasteiger partial charge is 0.380 e. The fourth-order valence-corrected chi connectivity index (χ4v) is 2.87.